The van der Waals surface area contributed by atoms with Gasteiger partial charge in [-0.1, -0.05) is 23.4 Å². The van der Waals surface area contributed by atoms with Crippen LogP contribution in [0.25, 0.3) is 22.2 Å². The normalized spacial score (nSPS) is 14.8. The molecule has 1 aliphatic carbocycles. The molecule has 5 nitrogen and oxygen atoms in total. The van der Waals surface area contributed by atoms with Gasteiger partial charge in [-0.25, -0.2) is 4.39 Å². The van der Waals surface area contributed by atoms with Crippen LogP contribution in [0.5, 0.6) is 0 Å². The van der Waals surface area contributed by atoms with Gasteiger partial charge >= 0.3 is 0 Å². The SMILES string of the molecule is O=C(Nc1cccc2ncccc12)C1(c2cc(-c3ccccc3F)on2)CC1. The summed E-state index contributed by atoms with van der Waals surface area (Å²) in [5, 5.41) is 7.97. The highest BCUT2D eigenvalue weighted by molar-refractivity contribution is 6.06. The minimum Gasteiger partial charge on any atom is -0.356 e. The average Bonchev–Trinajstić information content (AvgIpc) is 3.39. The second kappa shape index (κ2) is 6.27. The van der Waals surface area contributed by atoms with Crippen molar-refractivity contribution >= 4 is 22.5 Å². The number of nitrogens with one attached hydrogen (secondary N) is 1. The van der Waals surface area contributed by atoms with E-state index in [9.17, 15) is 9.18 Å². The van der Waals surface area contributed by atoms with Gasteiger partial charge in [0.1, 0.15) is 5.82 Å². The van der Waals surface area contributed by atoms with Crippen LogP contribution in [0.2, 0.25) is 0 Å². The van der Waals surface area contributed by atoms with E-state index in [1.165, 1.54) is 6.07 Å². The van der Waals surface area contributed by atoms with E-state index in [4.69, 9.17) is 4.52 Å². The fraction of sp³-hybridized carbons (Fsp3) is 0.136. The van der Waals surface area contributed by atoms with Gasteiger partial charge in [0.2, 0.25) is 5.91 Å². The van der Waals surface area contributed by atoms with Gasteiger partial charge in [0.15, 0.2) is 5.76 Å². The number of aromatic nitrogens is 2. The first-order chi connectivity index (χ1) is 13.7. The summed E-state index contributed by atoms with van der Waals surface area (Å²) < 4.78 is 19.4. The van der Waals surface area contributed by atoms with Gasteiger partial charge in [-0.15, -0.1) is 0 Å². The van der Waals surface area contributed by atoms with Crippen LogP contribution in [-0.4, -0.2) is 16.0 Å². The zero-order valence-corrected chi connectivity index (χ0v) is 14.9. The van der Waals surface area contributed by atoms with E-state index in [-0.39, 0.29) is 11.7 Å². The van der Waals surface area contributed by atoms with E-state index in [2.05, 4.69) is 15.5 Å². The quantitative estimate of drug-likeness (QED) is 0.563. The Balaban J connectivity index is 1.45. The average molecular weight is 373 g/mol. The maximum absolute atomic E-state index is 14.0. The van der Waals surface area contributed by atoms with Gasteiger partial charge in [-0.05, 0) is 49.2 Å². The van der Waals surface area contributed by atoms with Gasteiger partial charge in [0, 0.05) is 17.6 Å². The molecule has 28 heavy (non-hydrogen) atoms. The lowest BCUT2D eigenvalue weighted by Crippen LogP contribution is -2.28. The van der Waals surface area contributed by atoms with Crippen molar-refractivity contribution in [2.24, 2.45) is 0 Å². The fourth-order valence-corrected chi connectivity index (χ4v) is 3.47. The van der Waals surface area contributed by atoms with Gasteiger partial charge in [-0.2, -0.15) is 0 Å². The van der Waals surface area contributed by atoms with E-state index >= 15 is 0 Å². The smallest absolute Gasteiger partial charge is 0.236 e. The van der Waals surface area contributed by atoms with Crippen molar-refractivity contribution in [3.05, 3.63) is 78.4 Å². The van der Waals surface area contributed by atoms with E-state index in [1.807, 2.05) is 30.3 Å². The summed E-state index contributed by atoms with van der Waals surface area (Å²) in [6.07, 6.45) is 3.06. The molecule has 2 aromatic carbocycles. The summed E-state index contributed by atoms with van der Waals surface area (Å²) in [5.74, 6) is -0.207. The molecule has 0 saturated heterocycles. The van der Waals surface area contributed by atoms with Crippen LogP contribution in [0.3, 0.4) is 0 Å². The van der Waals surface area contributed by atoms with E-state index in [0.717, 1.165) is 10.9 Å². The van der Waals surface area contributed by atoms with Crippen LogP contribution < -0.4 is 5.32 Å². The van der Waals surface area contributed by atoms with Crippen molar-refractivity contribution in [2.75, 3.05) is 5.32 Å². The molecule has 1 amide bonds. The molecule has 2 aromatic heterocycles. The predicted octanol–water partition coefficient (Wildman–Crippen LogP) is 4.70. The molecule has 0 atom stereocenters. The van der Waals surface area contributed by atoms with Crippen molar-refractivity contribution in [2.45, 2.75) is 18.3 Å². The molecule has 0 aliphatic heterocycles. The number of hydrogen-bond acceptors (Lipinski definition) is 4. The summed E-state index contributed by atoms with van der Waals surface area (Å²) in [7, 11) is 0. The Hall–Kier alpha value is -3.54. The molecule has 5 rings (SSSR count). The first-order valence-corrected chi connectivity index (χ1v) is 9.05. The van der Waals surface area contributed by atoms with Crippen molar-refractivity contribution < 1.29 is 13.7 Å². The van der Waals surface area contributed by atoms with Crippen LogP contribution in [0.15, 0.2) is 71.4 Å². The van der Waals surface area contributed by atoms with Crippen molar-refractivity contribution in [1.29, 1.82) is 0 Å². The molecule has 1 N–H and O–H groups in total. The third-order valence-corrected chi connectivity index (χ3v) is 5.22. The van der Waals surface area contributed by atoms with Gasteiger partial charge in [0.05, 0.1) is 27.9 Å². The van der Waals surface area contributed by atoms with Gasteiger partial charge in [0.25, 0.3) is 0 Å². The summed E-state index contributed by atoms with van der Waals surface area (Å²) in [4.78, 5) is 17.4. The number of carbonyl (C=O) groups excluding carboxylic acids is 1. The van der Waals surface area contributed by atoms with Crippen molar-refractivity contribution in [3.63, 3.8) is 0 Å². The molecule has 6 heteroatoms. The topological polar surface area (TPSA) is 68.0 Å². The Morgan fingerprint density at radius 3 is 2.75 bits per heavy atom. The van der Waals surface area contributed by atoms with E-state index < -0.39 is 5.41 Å². The third-order valence-electron chi connectivity index (χ3n) is 5.22. The van der Waals surface area contributed by atoms with Gasteiger partial charge < -0.3 is 9.84 Å². The zero-order chi connectivity index (χ0) is 19.1. The van der Waals surface area contributed by atoms with E-state index in [1.54, 1.807) is 30.5 Å². The first kappa shape index (κ1) is 16.6. The molecule has 1 fully saturated rings. The lowest BCUT2D eigenvalue weighted by Gasteiger charge is -2.14. The molecular formula is C22H16FN3O2. The predicted molar refractivity (Wildman–Crippen MR) is 103 cm³/mol. The number of halogens is 1. The minimum absolute atomic E-state index is 0.141. The van der Waals surface area contributed by atoms with Crippen molar-refractivity contribution in [1.82, 2.24) is 10.1 Å². The summed E-state index contributed by atoms with van der Waals surface area (Å²) in [6.45, 7) is 0. The Morgan fingerprint density at radius 1 is 1.07 bits per heavy atom. The number of benzene rings is 2. The summed E-state index contributed by atoms with van der Waals surface area (Å²) in [5.41, 5.74) is 1.64. The summed E-state index contributed by atoms with van der Waals surface area (Å²) in [6, 6.07) is 17.4. The molecule has 4 aromatic rings. The Kier molecular flexibility index (Phi) is 3.72. The lowest BCUT2D eigenvalue weighted by molar-refractivity contribution is -0.118. The Bertz CT molecular complexity index is 1190. The molecule has 1 saturated carbocycles. The number of pyridine rings is 1. The highest BCUT2D eigenvalue weighted by atomic mass is 19.1. The fourth-order valence-electron chi connectivity index (χ4n) is 3.47. The highest BCUT2D eigenvalue weighted by Gasteiger charge is 2.54. The van der Waals surface area contributed by atoms with Crippen LogP contribution in [-0.2, 0) is 10.2 Å². The molecule has 0 spiro atoms. The van der Waals surface area contributed by atoms with Crippen LogP contribution in [0, 0.1) is 5.82 Å². The Morgan fingerprint density at radius 2 is 1.93 bits per heavy atom. The third kappa shape index (κ3) is 2.65. The monoisotopic (exact) mass is 373 g/mol. The second-order valence-electron chi connectivity index (χ2n) is 6.97. The largest absolute Gasteiger partial charge is 0.356 e. The number of anilines is 1. The van der Waals surface area contributed by atoms with Crippen LogP contribution in [0.1, 0.15) is 18.5 Å². The second-order valence-corrected chi connectivity index (χ2v) is 6.97. The number of fused-ring (bicyclic) bond motifs is 1. The summed E-state index contributed by atoms with van der Waals surface area (Å²) >= 11 is 0. The van der Waals surface area contributed by atoms with Gasteiger partial charge in [-0.3, -0.25) is 9.78 Å². The number of carbonyl (C=O) groups is 1. The molecule has 2 heterocycles. The molecule has 138 valence electrons. The number of nitrogens with zero attached hydrogens (tertiary/aromatic N) is 2. The minimum atomic E-state index is -0.739. The molecule has 0 unspecified atom stereocenters. The van der Waals surface area contributed by atoms with Crippen LogP contribution >= 0.6 is 0 Å². The lowest BCUT2D eigenvalue weighted by atomic mass is 9.99. The number of amides is 1. The number of rotatable bonds is 4. The maximum atomic E-state index is 14.0. The van der Waals surface area contributed by atoms with Crippen molar-refractivity contribution in [3.8, 4) is 11.3 Å². The highest BCUT2D eigenvalue weighted by Crippen LogP contribution is 2.49. The van der Waals surface area contributed by atoms with E-state index in [0.29, 0.717) is 35.5 Å². The molecule has 0 bridgehead atoms. The standard InChI is InChI=1S/C22H16FN3O2/c23-16-7-2-1-5-14(16)19-13-20(26-28-19)22(10-11-22)21(27)25-18-9-3-8-17-15(18)6-4-12-24-17/h1-9,12-13H,10-11H2,(H,25,27). The van der Waals surface area contributed by atoms with Crippen LogP contribution in [0.4, 0.5) is 10.1 Å². The molecule has 1 aliphatic rings. The maximum Gasteiger partial charge on any atom is 0.236 e. The molecule has 0 radical (unpaired) electrons. The zero-order valence-electron chi connectivity index (χ0n) is 14.9. The first-order valence-electron chi connectivity index (χ1n) is 9.05. The number of hydrogen-bond donors (Lipinski definition) is 1. The Labute approximate surface area is 160 Å². The molecular weight excluding hydrogens is 357 g/mol.